The Kier molecular flexibility index (Phi) is 9.12. The Hall–Kier alpha value is -6.42. The monoisotopic (exact) mass is 808 g/mol. The standard InChI is InChI=1S/C58H52O2Si/c1-37-25-29-47-51(33-37)59-55-49(57(47,5)6)31-27-39(3)53(55)41-17-15-23-45(35-41)61(43-19-11-9-12-20-43,44-21-13-10-14-22-44)46-24-16-18-42(36-46)54-40(4)28-32-50-56(54)60-52-34-38(2)26-30-48(52)58(50,7)8/h9-36H,1-8H3. The quantitative estimate of drug-likeness (QED) is 0.123. The van der Waals surface area contributed by atoms with E-state index in [1.807, 2.05) is 0 Å². The van der Waals surface area contributed by atoms with Crippen LogP contribution in [0.2, 0.25) is 0 Å². The van der Waals surface area contributed by atoms with Crippen molar-refractivity contribution in [3.63, 3.8) is 0 Å². The Labute approximate surface area is 362 Å². The second-order valence-corrected chi connectivity index (χ2v) is 22.2. The van der Waals surface area contributed by atoms with Crippen molar-refractivity contribution in [3.8, 4) is 45.3 Å². The van der Waals surface area contributed by atoms with Crippen LogP contribution in [0.15, 0.2) is 170 Å². The minimum Gasteiger partial charge on any atom is -0.456 e. The molecule has 0 amide bonds. The predicted molar refractivity (Wildman–Crippen MR) is 257 cm³/mol. The highest BCUT2D eigenvalue weighted by atomic mass is 28.3. The zero-order chi connectivity index (χ0) is 42.3. The molecule has 0 saturated heterocycles. The van der Waals surface area contributed by atoms with Crippen molar-refractivity contribution >= 4 is 28.8 Å². The van der Waals surface area contributed by atoms with E-state index >= 15 is 0 Å². The van der Waals surface area contributed by atoms with Crippen LogP contribution in [0.1, 0.15) is 72.2 Å². The maximum Gasteiger partial charge on any atom is 0.179 e. The smallest absolute Gasteiger partial charge is 0.179 e. The van der Waals surface area contributed by atoms with Gasteiger partial charge in [-0.25, -0.2) is 0 Å². The summed E-state index contributed by atoms with van der Waals surface area (Å²) in [6.45, 7) is 18.0. The molecule has 0 N–H and O–H groups in total. The average molecular weight is 809 g/mol. The van der Waals surface area contributed by atoms with Crippen molar-refractivity contribution in [2.75, 3.05) is 0 Å². The van der Waals surface area contributed by atoms with E-state index in [2.05, 4.69) is 225 Å². The second-order valence-electron chi connectivity index (χ2n) is 18.4. The summed E-state index contributed by atoms with van der Waals surface area (Å²) < 4.78 is 14.0. The molecule has 8 aromatic carbocycles. The van der Waals surface area contributed by atoms with Gasteiger partial charge in [0.2, 0.25) is 0 Å². The molecule has 2 heterocycles. The Morgan fingerprint density at radius 1 is 0.361 bits per heavy atom. The number of rotatable bonds is 6. The van der Waals surface area contributed by atoms with E-state index in [0.717, 1.165) is 45.3 Å². The van der Waals surface area contributed by atoms with Crippen molar-refractivity contribution in [3.05, 3.63) is 214 Å². The van der Waals surface area contributed by atoms with Crippen molar-refractivity contribution in [2.45, 2.75) is 66.2 Å². The van der Waals surface area contributed by atoms with Crippen LogP contribution < -0.4 is 30.2 Å². The Morgan fingerprint density at radius 3 is 1.15 bits per heavy atom. The first kappa shape index (κ1) is 38.8. The summed E-state index contributed by atoms with van der Waals surface area (Å²) in [6, 6.07) is 63.6. The lowest BCUT2D eigenvalue weighted by Crippen LogP contribution is -2.74. The molecule has 3 heteroatoms. The van der Waals surface area contributed by atoms with Crippen LogP contribution in [0.5, 0.6) is 23.0 Å². The molecule has 10 rings (SSSR count). The number of ether oxygens (including phenoxy) is 2. The van der Waals surface area contributed by atoms with Crippen molar-refractivity contribution < 1.29 is 9.47 Å². The molecule has 300 valence electrons. The van der Waals surface area contributed by atoms with Gasteiger partial charge in [-0.3, -0.25) is 0 Å². The molecule has 0 aliphatic carbocycles. The summed E-state index contributed by atoms with van der Waals surface area (Å²) >= 11 is 0. The third-order valence-electron chi connectivity index (χ3n) is 13.7. The van der Waals surface area contributed by atoms with E-state index in [-0.39, 0.29) is 10.8 Å². The van der Waals surface area contributed by atoms with E-state index in [1.54, 1.807) is 0 Å². The van der Waals surface area contributed by atoms with Gasteiger partial charge in [-0.2, -0.15) is 0 Å². The molecule has 2 nitrogen and oxygen atoms in total. The molecule has 61 heavy (non-hydrogen) atoms. The minimum absolute atomic E-state index is 0.224. The van der Waals surface area contributed by atoms with E-state index in [0.29, 0.717) is 0 Å². The topological polar surface area (TPSA) is 18.5 Å². The first-order valence-electron chi connectivity index (χ1n) is 21.6. The summed E-state index contributed by atoms with van der Waals surface area (Å²) in [6.07, 6.45) is 0. The van der Waals surface area contributed by atoms with Gasteiger partial charge in [0, 0.05) is 44.2 Å². The minimum atomic E-state index is -3.00. The third kappa shape index (κ3) is 6.04. The van der Waals surface area contributed by atoms with Crippen LogP contribution >= 0.6 is 0 Å². The molecule has 0 bridgehead atoms. The molecule has 0 radical (unpaired) electrons. The summed E-state index contributed by atoms with van der Waals surface area (Å²) in [5.41, 5.74) is 13.8. The molecule has 0 saturated carbocycles. The van der Waals surface area contributed by atoms with Gasteiger partial charge in [0.25, 0.3) is 0 Å². The van der Waals surface area contributed by atoms with Gasteiger partial charge < -0.3 is 9.47 Å². The van der Waals surface area contributed by atoms with Gasteiger partial charge in [-0.05, 0) is 94.0 Å². The highest BCUT2D eigenvalue weighted by Crippen LogP contribution is 2.54. The molecule has 8 aromatic rings. The van der Waals surface area contributed by atoms with E-state index in [9.17, 15) is 0 Å². The molecular formula is C58H52O2Si. The Morgan fingerprint density at radius 2 is 0.738 bits per heavy atom. The SMILES string of the molecule is Cc1ccc2c(c1)Oc1c(ccc(C)c1-c1cccc([Si](c3ccccc3)(c3ccccc3)c3cccc(-c4c(C)ccc5c4Oc4cc(C)ccc4C5(C)C)c3)c1)C2(C)C. The fourth-order valence-corrected chi connectivity index (χ4v) is 15.3. The van der Waals surface area contributed by atoms with Gasteiger partial charge in [0.05, 0.1) is 0 Å². The lowest BCUT2D eigenvalue weighted by atomic mass is 9.74. The molecule has 0 unspecified atom stereocenters. The molecule has 2 aliphatic rings. The van der Waals surface area contributed by atoms with Crippen LogP contribution in [0.3, 0.4) is 0 Å². The first-order valence-corrected chi connectivity index (χ1v) is 23.6. The third-order valence-corrected chi connectivity index (χ3v) is 18.5. The summed E-state index contributed by atoms with van der Waals surface area (Å²) in [4.78, 5) is 0. The maximum absolute atomic E-state index is 7.00. The predicted octanol–water partition coefficient (Wildman–Crippen LogP) is 12.5. The van der Waals surface area contributed by atoms with Gasteiger partial charge in [-0.1, -0.05) is 185 Å². The van der Waals surface area contributed by atoms with E-state index in [4.69, 9.17) is 9.47 Å². The van der Waals surface area contributed by atoms with Gasteiger partial charge >= 0.3 is 0 Å². The van der Waals surface area contributed by atoms with Crippen molar-refractivity contribution in [1.29, 1.82) is 0 Å². The van der Waals surface area contributed by atoms with Crippen molar-refractivity contribution in [2.24, 2.45) is 0 Å². The number of hydrogen-bond donors (Lipinski definition) is 0. The molecule has 0 atom stereocenters. The maximum atomic E-state index is 7.00. The fraction of sp³-hybridized carbons (Fsp3) is 0.172. The molecule has 0 spiro atoms. The van der Waals surface area contributed by atoms with Gasteiger partial charge in [0.1, 0.15) is 23.0 Å². The summed E-state index contributed by atoms with van der Waals surface area (Å²) in [5.74, 6) is 3.80. The normalized spacial score (nSPS) is 14.4. The molecule has 0 aromatic heterocycles. The summed E-state index contributed by atoms with van der Waals surface area (Å²) in [5, 5.41) is 5.29. The van der Waals surface area contributed by atoms with Crippen molar-refractivity contribution in [1.82, 2.24) is 0 Å². The fourth-order valence-electron chi connectivity index (χ4n) is 10.4. The molecular weight excluding hydrogens is 757 g/mol. The molecule has 2 aliphatic heterocycles. The Bertz CT molecular complexity index is 2810. The van der Waals surface area contributed by atoms with Gasteiger partial charge in [-0.15, -0.1) is 0 Å². The lowest BCUT2D eigenvalue weighted by Gasteiger charge is -2.37. The zero-order valence-electron chi connectivity index (χ0n) is 36.5. The average Bonchev–Trinajstić information content (AvgIpc) is 3.24. The Balaban J connectivity index is 1.21. The van der Waals surface area contributed by atoms with Crippen LogP contribution in [0, 0.1) is 27.7 Å². The van der Waals surface area contributed by atoms with E-state index in [1.165, 1.54) is 65.3 Å². The van der Waals surface area contributed by atoms with Gasteiger partial charge in [0.15, 0.2) is 8.07 Å². The van der Waals surface area contributed by atoms with Crippen LogP contribution in [-0.2, 0) is 10.8 Å². The first-order chi connectivity index (χ1) is 29.4. The van der Waals surface area contributed by atoms with Crippen LogP contribution in [0.25, 0.3) is 22.3 Å². The highest BCUT2D eigenvalue weighted by molar-refractivity contribution is 7.20. The lowest BCUT2D eigenvalue weighted by molar-refractivity contribution is 0.418. The number of benzene rings is 8. The number of hydrogen-bond acceptors (Lipinski definition) is 2. The number of fused-ring (bicyclic) bond motifs is 4. The highest BCUT2D eigenvalue weighted by Gasteiger charge is 2.43. The van der Waals surface area contributed by atoms with E-state index < -0.39 is 8.07 Å². The largest absolute Gasteiger partial charge is 0.456 e. The summed E-state index contributed by atoms with van der Waals surface area (Å²) in [7, 11) is -3.00. The zero-order valence-corrected chi connectivity index (χ0v) is 37.5. The van der Waals surface area contributed by atoms with Crippen LogP contribution in [0.4, 0.5) is 0 Å². The number of aryl methyl sites for hydroxylation is 4. The molecule has 0 fully saturated rings. The second kappa shape index (κ2) is 14.4. The van der Waals surface area contributed by atoms with Crippen LogP contribution in [-0.4, -0.2) is 8.07 Å².